The summed E-state index contributed by atoms with van der Waals surface area (Å²) in [6, 6.07) is 6.08. The average molecular weight is 591 g/mol. The number of phenolic OH excluding ortho intramolecular Hbond substituents is 1. The minimum absolute atomic E-state index is 0.0312. The first kappa shape index (κ1) is 30.6. The molecule has 2 aliphatic heterocycles. The van der Waals surface area contributed by atoms with Gasteiger partial charge in [-0.3, -0.25) is 0 Å². The Balaban J connectivity index is 1.32. The van der Waals surface area contributed by atoms with Gasteiger partial charge < -0.3 is 49.6 Å². The van der Waals surface area contributed by atoms with Gasteiger partial charge in [-0.25, -0.2) is 9.59 Å². The van der Waals surface area contributed by atoms with Crippen LogP contribution in [-0.2, 0) is 35.0 Å². The third-order valence-corrected chi connectivity index (χ3v) is 9.24. The molecule has 2 saturated heterocycles. The molecule has 0 aromatic heterocycles. The number of rotatable bonds is 7. The molecule has 6 N–H and O–H groups in total. The zero-order valence-electron chi connectivity index (χ0n) is 23.2. The number of hydrogen-bond donors (Lipinski definition) is 6. The van der Waals surface area contributed by atoms with E-state index in [0.29, 0.717) is 12.0 Å². The minimum atomic E-state index is -1.58. The second kappa shape index (κ2) is 12.0. The van der Waals surface area contributed by atoms with Gasteiger partial charge in [0.25, 0.3) is 0 Å². The fraction of sp³-hybridized carbons (Fsp3) is 0.600. The van der Waals surface area contributed by atoms with Crippen molar-refractivity contribution in [3.8, 4) is 5.75 Å². The zero-order valence-corrected chi connectivity index (χ0v) is 23.2. The van der Waals surface area contributed by atoms with Gasteiger partial charge in [0.2, 0.25) is 0 Å². The van der Waals surface area contributed by atoms with Crippen molar-refractivity contribution in [1.82, 2.24) is 0 Å². The summed E-state index contributed by atoms with van der Waals surface area (Å²) in [5.74, 6) is -2.92. The Morgan fingerprint density at radius 1 is 1.10 bits per heavy atom. The lowest BCUT2D eigenvalue weighted by Gasteiger charge is -2.41. The Morgan fingerprint density at radius 3 is 2.45 bits per heavy atom. The number of ether oxygens (including phenoxy) is 4. The molecule has 0 amide bonds. The molecule has 12 nitrogen and oxygen atoms in total. The van der Waals surface area contributed by atoms with Gasteiger partial charge in [-0.15, -0.1) is 0 Å². The Bertz CT molecular complexity index is 1200. The molecule has 4 aliphatic rings. The molecule has 13 atom stereocenters. The van der Waals surface area contributed by atoms with Crippen LogP contribution in [0.4, 0.5) is 0 Å². The van der Waals surface area contributed by atoms with E-state index in [2.05, 4.69) is 13.2 Å². The Morgan fingerprint density at radius 2 is 1.79 bits per heavy atom. The molecule has 42 heavy (non-hydrogen) atoms. The summed E-state index contributed by atoms with van der Waals surface area (Å²) in [5, 5.41) is 60.4. The van der Waals surface area contributed by atoms with Crippen LogP contribution in [0.2, 0.25) is 0 Å². The van der Waals surface area contributed by atoms with Crippen molar-refractivity contribution in [1.29, 1.82) is 0 Å². The molecule has 13 unspecified atom stereocenters. The molecule has 230 valence electrons. The summed E-state index contributed by atoms with van der Waals surface area (Å²) < 4.78 is 23.2. The number of esters is 2. The molecule has 2 saturated carbocycles. The van der Waals surface area contributed by atoms with E-state index in [9.17, 15) is 40.2 Å². The lowest BCUT2D eigenvalue weighted by atomic mass is 9.79. The van der Waals surface area contributed by atoms with Gasteiger partial charge in [0.1, 0.15) is 42.4 Å². The number of aliphatic hydroxyl groups excluding tert-OH is 5. The van der Waals surface area contributed by atoms with Crippen LogP contribution in [0, 0.1) is 23.7 Å². The highest BCUT2D eigenvalue weighted by atomic mass is 16.7. The fourth-order valence-electron chi connectivity index (χ4n) is 6.91. The number of benzene rings is 1. The first-order valence-electron chi connectivity index (χ1n) is 14.1. The maximum absolute atomic E-state index is 13.0. The Labute approximate surface area is 242 Å². The minimum Gasteiger partial charge on any atom is -0.508 e. The second-order valence-electron chi connectivity index (χ2n) is 11.8. The Kier molecular flexibility index (Phi) is 8.77. The number of fused-ring (bicyclic) bond motifs is 3. The van der Waals surface area contributed by atoms with Gasteiger partial charge in [-0.1, -0.05) is 37.8 Å². The van der Waals surface area contributed by atoms with Crippen LogP contribution in [-0.4, -0.2) is 104 Å². The summed E-state index contributed by atoms with van der Waals surface area (Å²) in [6.07, 6.45) is -10.1. The number of phenols is 1. The monoisotopic (exact) mass is 590 g/mol. The standard InChI is InChI=1S/C30H38O12/c1-12-8-20(39-29(38)18(33)9-15-4-6-16(32)7-5-15)23-14(3)28(37)42-27(23)22-13(2)19(10-17(12)22)40-30-26(36)25(35)24(34)21(11-31)41-30/h4-7,13,17-27,30-36H,1,3,8-11H2,2H3. The van der Waals surface area contributed by atoms with E-state index < -0.39 is 79.6 Å². The van der Waals surface area contributed by atoms with Crippen molar-refractivity contribution >= 4 is 11.9 Å². The third-order valence-electron chi connectivity index (χ3n) is 9.24. The molecule has 5 rings (SSSR count). The first-order valence-corrected chi connectivity index (χ1v) is 14.1. The highest BCUT2D eigenvalue weighted by molar-refractivity contribution is 5.91. The van der Waals surface area contributed by atoms with Crippen molar-refractivity contribution in [3.63, 3.8) is 0 Å². The number of carbonyl (C=O) groups excluding carboxylic acids is 2. The molecule has 4 fully saturated rings. The summed E-state index contributed by atoms with van der Waals surface area (Å²) in [4.78, 5) is 25.7. The van der Waals surface area contributed by atoms with Gasteiger partial charge >= 0.3 is 11.9 Å². The maximum atomic E-state index is 13.0. The van der Waals surface area contributed by atoms with Crippen LogP contribution in [0.1, 0.15) is 25.3 Å². The van der Waals surface area contributed by atoms with E-state index in [-0.39, 0.29) is 41.9 Å². The highest BCUT2D eigenvalue weighted by Crippen LogP contribution is 2.54. The second-order valence-corrected chi connectivity index (χ2v) is 11.8. The van der Waals surface area contributed by atoms with Crippen molar-refractivity contribution in [3.05, 3.63) is 54.1 Å². The van der Waals surface area contributed by atoms with Gasteiger partial charge in [0.05, 0.1) is 18.6 Å². The molecule has 2 aliphatic carbocycles. The number of carbonyl (C=O) groups is 2. The maximum Gasteiger partial charge on any atom is 0.335 e. The van der Waals surface area contributed by atoms with E-state index in [4.69, 9.17) is 18.9 Å². The quantitative estimate of drug-likeness (QED) is 0.139. The zero-order chi connectivity index (χ0) is 30.5. The average Bonchev–Trinajstić information content (AvgIpc) is 3.40. The van der Waals surface area contributed by atoms with Crippen LogP contribution in [0.25, 0.3) is 0 Å². The van der Waals surface area contributed by atoms with E-state index in [1.54, 1.807) is 12.1 Å². The predicted molar refractivity (Wildman–Crippen MR) is 143 cm³/mol. The van der Waals surface area contributed by atoms with Gasteiger partial charge in [-0.05, 0) is 36.0 Å². The predicted octanol–water partition coefficient (Wildman–Crippen LogP) is -0.278. The van der Waals surface area contributed by atoms with Crippen molar-refractivity contribution in [2.45, 2.75) is 81.3 Å². The summed E-state index contributed by atoms with van der Waals surface area (Å²) in [7, 11) is 0. The molecular weight excluding hydrogens is 552 g/mol. The molecule has 1 aromatic carbocycles. The number of aliphatic hydroxyl groups is 5. The van der Waals surface area contributed by atoms with Crippen LogP contribution in [0.3, 0.4) is 0 Å². The molecule has 0 bridgehead atoms. The molecule has 0 spiro atoms. The molecule has 2 heterocycles. The van der Waals surface area contributed by atoms with Crippen molar-refractivity contribution in [2.75, 3.05) is 6.61 Å². The van der Waals surface area contributed by atoms with E-state index in [1.165, 1.54) is 12.1 Å². The summed E-state index contributed by atoms with van der Waals surface area (Å²) in [6.45, 7) is 9.48. The van der Waals surface area contributed by atoms with E-state index in [1.807, 2.05) is 6.92 Å². The Hall–Kier alpha value is -2.84. The lowest BCUT2D eigenvalue weighted by molar-refractivity contribution is -0.313. The first-order chi connectivity index (χ1) is 19.9. The lowest BCUT2D eigenvalue weighted by Crippen LogP contribution is -2.59. The van der Waals surface area contributed by atoms with Crippen LogP contribution < -0.4 is 0 Å². The molecular formula is C30H38O12. The largest absolute Gasteiger partial charge is 0.508 e. The van der Waals surface area contributed by atoms with Crippen molar-refractivity contribution < 1.29 is 59.2 Å². The van der Waals surface area contributed by atoms with Gasteiger partial charge in [0, 0.05) is 24.3 Å². The molecule has 0 radical (unpaired) electrons. The van der Waals surface area contributed by atoms with E-state index in [0.717, 1.165) is 5.57 Å². The summed E-state index contributed by atoms with van der Waals surface area (Å²) >= 11 is 0. The van der Waals surface area contributed by atoms with Gasteiger partial charge in [0.15, 0.2) is 12.4 Å². The van der Waals surface area contributed by atoms with Gasteiger partial charge in [-0.2, -0.15) is 0 Å². The summed E-state index contributed by atoms with van der Waals surface area (Å²) in [5.41, 5.74) is 1.51. The van der Waals surface area contributed by atoms with Crippen LogP contribution >= 0.6 is 0 Å². The number of aromatic hydroxyl groups is 1. The third kappa shape index (κ3) is 5.60. The van der Waals surface area contributed by atoms with Crippen LogP contribution in [0.5, 0.6) is 5.75 Å². The van der Waals surface area contributed by atoms with E-state index >= 15 is 0 Å². The fourth-order valence-corrected chi connectivity index (χ4v) is 6.91. The molecule has 12 heteroatoms. The highest BCUT2D eigenvalue weighted by Gasteiger charge is 2.59. The van der Waals surface area contributed by atoms with Crippen LogP contribution in [0.15, 0.2) is 48.6 Å². The SMILES string of the molecule is C=C1CC(OC(=O)C(O)Cc2ccc(O)cc2)C2C(=C)C(=O)OC2C2C1CC(OC1OC(CO)C(O)C(O)C1O)C2C. The molecule has 1 aromatic rings. The smallest absolute Gasteiger partial charge is 0.335 e. The topological polar surface area (TPSA) is 192 Å². The van der Waals surface area contributed by atoms with Crippen molar-refractivity contribution in [2.24, 2.45) is 23.7 Å². The normalized spacial score (nSPS) is 40.6. The number of hydrogen-bond acceptors (Lipinski definition) is 12.